The van der Waals surface area contributed by atoms with E-state index in [1.807, 2.05) is 36.5 Å². The molecule has 3 aromatic rings. The number of esters is 1. The van der Waals surface area contributed by atoms with Crippen LogP contribution in [-0.4, -0.2) is 15.7 Å². The van der Waals surface area contributed by atoms with Crippen LogP contribution in [0.25, 0.3) is 5.69 Å². The monoisotopic (exact) mass is 312 g/mol. The van der Waals surface area contributed by atoms with E-state index in [2.05, 4.69) is 5.10 Å². The van der Waals surface area contributed by atoms with Gasteiger partial charge in [0.1, 0.15) is 5.75 Å². The van der Waals surface area contributed by atoms with Crippen molar-refractivity contribution >= 4 is 17.6 Å². The highest BCUT2D eigenvalue weighted by Gasteiger charge is 2.09. The van der Waals surface area contributed by atoms with E-state index in [-0.39, 0.29) is 12.4 Å². The maximum atomic E-state index is 11.9. The second kappa shape index (κ2) is 6.45. The fourth-order valence-electron chi connectivity index (χ4n) is 2.01. The van der Waals surface area contributed by atoms with Gasteiger partial charge in [-0.25, -0.2) is 4.68 Å². The van der Waals surface area contributed by atoms with Crippen molar-refractivity contribution in [1.82, 2.24) is 9.78 Å². The lowest BCUT2D eigenvalue weighted by atomic mass is 10.2. The van der Waals surface area contributed by atoms with Crippen LogP contribution in [0.5, 0.6) is 5.75 Å². The number of benzene rings is 2. The molecule has 0 atom stereocenters. The Morgan fingerprint density at radius 3 is 2.55 bits per heavy atom. The minimum atomic E-state index is -0.338. The Kier molecular flexibility index (Phi) is 4.21. The zero-order valence-electron chi connectivity index (χ0n) is 11.6. The SMILES string of the molecule is O=C(Cc1cnn(-c2ccccc2)c1)Oc1ccc(Cl)cc1. The van der Waals surface area contributed by atoms with Gasteiger partial charge in [-0.05, 0) is 36.4 Å². The number of aromatic nitrogens is 2. The number of carbonyl (C=O) groups is 1. The molecule has 110 valence electrons. The van der Waals surface area contributed by atoms with E-state index in [1.54, 1.807) is 35.1 Å². The summed E-state index contributed by atoms with van der Waals surface area (Å²) >= 11 is 5.79. The summed E-state index contributed by atoms with van der Waals surface area (Å²) in [6.07, 6.45) is 3.64. The van der Waals surface area contributed by atoms with Gasteiger partial charge in [0.15, 0.2) is 0 Å². The molecule has 4 nitrogen and oxygen atoms in total. The molecule has 5 heteroatoms. The second-order valence-electron chi connectivity index (χ2n) is 4.73. The predicted molar refractivity (Wildman–Crippen MR) is 84.4 cm³/mol. The maximum absolute atomic E-state index is 11.9. The van der Waals surface area contributed by atoms with Crippen molar-refractivity contribution < 1.29 is 9.53 Å². The topological polar surface area (TPSA) is 44.1 Å². The summed E-state index contributed by atoms with van der Waals surface area (Å²) in [5.74, 6) is 0.139. The zero-order chi connectivity index (χ0) is 15.4. The highest BCUT2D eigenvalue weighted by Crippen LogP contribution is 2.16. The molecule has 0 fully saturated rings. The molecule has 1 aromatic heterocycles. The quantitative estimate of drug-likeness (QED) is 0.545. The molecule has 3 rings (SSSR count). The molecule has 0 saturated heterocycles. The van der Waals surface area contributed by atoms with Crippen molar-refractivity contribution in [3.8, 4) is 11.4 Å². The van der Waals surface area contributed by atoms with Crippen LogP contribution in [0.2, 0.25) is 5.02 Å². The van der Waals surface area contributed by atoms with Crippen LogP contribution in [0, 0.1) is 0 Å². The van der Waals surface area contributed by atoms with Crippen LogP contribution in [0.4, 0.5) is 0 Å². The molecule has 0 spiro atoms. The number of nitrogens with zero attached hydrogens (tertiary/aromatic N) is 2. The van der Waals surface area contributed by atoms with Gasteiger partial charge in [-0.2, -0.15) is 5.10 Å². The van der Waals surface area contributed by atoms with Crippen LogP contribution >= 0.6 is 11.6 Å². The lowest BCUT2D eigenvalue weighted by molar-refractivity contribution is -0.133. The number of para-hydroxylation sites is 1. The first-order valence-electron chi connectivity index (χ1n) is 6.76. The third-order valence-corrected chi connectivity index (χ3v) is 3.30. The lowest BCUT2D eigenvalue weighted by Crippen LogP contribution is -2.10. The molecule has 0 aliphatic heterocycles. The Morgan fingerprint density at radius 2 is 1.82 bits per heavy atom. The third kappa shape index (κ3) is 3.54. The van der Waals surface area contributed by atoms with E-state index in [1.165, 1.54) is 0 Å². The molecule has 0 saturated carbocycles. The van der Waals surface area contributed by atoms with Gasteiger partial charge in [0.25, 0.3) is 0 Å². The smallest absolute Gasteiger partial charge is 0.315 e. The van der Waals surface area contributed by atoms with E-state index in [9.17, 15) is 4.79 Å². The molecule has 0 N–H and O–H groups in total. The van der Waals surface area contributed by atoms with Gasteiger partial charge in [0.05, 0.1) is 18.3 Å². The minimum absolute atomic E-state index is 0.162. The average Bonchev–Trinajstić information content (AvgIpc) is 2.99. The van der Waals surface area contributed by atoms with Crippen molar-refractivity contribution in [2.24, 2.45) is 0 Å². The van der Waals surface area contributed by atoms with Gasteiger partial charge in [-0.1, -0.05) is 29.8 Å². The molecule has 0 radical (unpaired) electrons. The molecule has 0 aliphatic rings. The maximum Gasteiger partial charge on any atom is 0.315 e. The molecule has 22 heavy (non-hydrogen) atoms. The fraction of sp³-hybridized carbons (Fsp3) is 0.0588. The Hall–Kier alpha value is -2.59. The van der Waals surface area contributed by atoms with Crippen LogP contribution in [-0.2, 0) is 11.2 Å². The summed E-state index contributed by atoms with van der Waals surface area (Å²) in [6, 6.07) is 16.4. The molecule has 0 aliphatic carbocycles. The van der Waals surface area contributed by atoms with Crippen LogP contribution < -0.4 is 4.74 Å². The number of carbonyl (C=O) groups excluding carboxylic acids is 1. The fourth-order valence-corrected chi connectivity index (χ4v) is 2.14. The first-order chi connectivity index (χ1) is 10.7. The number of rotatable bonds is 4. The van der Waals surface area contributed by atoms with Gasteiger partial charge in [-0.3, -0.25) is 4.79 Å². The molecular formula is C17H13ClN2O2. The summed E-state index contributed by atoms with van der Waals surface area (Å²) in [5.41, 5.74) is 1.74. The van der Waals surface area contributed by atoms with E-state index >= 15 is 0 Å². The zero-order valence-corrected chi connectivity index (χ0v) is 12.4. The summed E-state index contributed by atoms with van der Waals surface area (Å²) in [7, 11) is 0. The molecule has 0 amide bonds. The molecule has 0 bridgehead atoms. The normalized spacial score (nSPS) is 10.4. The van der Waals surface area contributed by atoms with E-state index in [0.717, 1.165) is 11.3 Å². The summed E-state index contributed by atoms with van der Waals surface area (Å²) in [4.78, 5) is 11.9. The van der Waals surface area contributed by atoms with Gasteiger partial charge < -0.3 is 4.74 Å². The number of hydrogen-bond acceptors (Lipinski definition) is 3. The predicted octanol–water partition coefficient (Wildman–Crippen LogP) is 3.67. The molecule has 0 unspecified atom stereocenters. The Bertz CT molecular complexity index is 767. The minimum Gasteiger partial charge on any atom is -0.426 e. The van der Waals surface area contributed by atoms with Crippen LogP contribution in [0.15, 0.2) is 67.0 Å². The number of halogens is 1. The Labute approximate surface area is 132 Å². The standard InChI is InChI=1S/C17H13ClN2O2/c18-14-6-8-16(9-7-14)22-17(21)10-13-11-19-20(12-13)15-4-2-1-3-5-15/h1-9,11-12H,10H2. The van der Waals surface area contributed by atoms with Gasteiger partial charge in [0, 0.05) is 16.8 Å². The Morgan fingerprint density at radius 1 is 1.09 bits per heavy atom. The van der Waals surface area contributed by atoms with E-state index in [0.29, 0.717) is 10.8 Å². The largest absolute Gasteiger partial charge is 0.426 e. The van der Waals surface area contributed by atoms with E-state index in [4.69, 9.17) is 16.3 Å². The van der Waals surface area contributed by atoms with Gasteiger partial charge in [-0.15, -0.1) is 0 Å². The van der Waals surface area contributed by atoms with Crippen molar-refractivity contribution in [3.05, 3.63) is 77.6 Å². The third-order valence-electron chi connectivity index (χ3n) is 3.05. The molecule has 1 heterocycles. The van der Waals surface area contributed by atoms with Crippen molar-refractivity contribution in [2.45, 2.75) is 6.42 Å². The van der Waals surface area contributed by atoms with Crippen LogP contribution in [0.3, 0.4) is 0 Å². The van der Waals surface area contributed by atoms with Crippen molar-refractivity contribution in [3.63, 3.8) is 0 Å². The highest BCUT2D eigenvalue weighted by molar-refractivity contribution is 6.30. The van der Waals surface area contributed by atoms with Crippen LogP contribution in [0.1, 0.15) is 5.56 Å². The summed E-state index contributed by atoms with van der Waals surface area (Å²) in [6.45, 7) is 0. The van der Waals surface area contributed by atoms with Crippen molar-refractivity contribution in [1.29, 1.82) is 0 Å². The van der Waals surface area contributed by atoms with Gasteiger partial charge in [0.2, 0.25) is 0 Å². The van der Waals surface area contributed by atoms with Crippen molar-refractivity contribution in [2.75, 3.05) is 0 Å². The summed E-state index contributed by atoms with van der Waals surface area (Å²) < 4.78 is 6.98. The second-order valence-corrected chi connectivity index (χ2v) is 5.17. The first-order valence-corrected chi connectivity index (χ1v) is 7.14. The Balaban J connectivity index is 1.65. The number of hydrogen-bond donors (Lipinski definition) is 0. The number of ether oxygens (including phenoxy) is 1. The van der Waals surface area contributed by atoms with E-state index < -0.39 is 0 Å². The average molecular weight is 313 g/mol. The van der Waals surface area contributed by atoms with Gasteiger partial charge >= 0.3 is 5.97 Å². The lowest BCUT2D eigenvalue weighted by Gasteiger charge is -2.03. The molecule has 2 aromatic carbocycles. The highest BCUT2D eigenvalue weighted by atomic mass is 35.5. The first kappa shape index (κ1) is 14.4. The molecular weight excluding hydrogens is 300 g/mol. The summed E-state index contributed by atoms with van der Waals surface area (Å²) in [5, 5.41) is 4.85.